The number of carbonyl (C=O) groups excluding carboxylic acids is 1. The number of amides is 1. The van der Waals surface area contributed by atoms with Crippen molar-refractivity contribution >= 4 is 27.5 Å². The molecule has 1 amide bonds. The summed E-state index contributed by atoms with van der Waals surface area (Å²) >= 11 is 3.22. The molecule has 0 aliphatic heterocycles. The summed E-state index contributed by atoms with van der Waals surface area (Å²) in [5.41, 5.74) is 0.727. The van der Waals surface area contributed by atoms with Crippen LogP contribution in [0.2, 0.25) is 0 Å². The largest absolute Gasteiger partial charge is 0.492 e. The van der Waals surface area contributed by atoms with Crippen molar-refractivity contribution < 1.29 is 9.53 Å². The van der Waals surface area contributed by atoms with E-state index in [4.69, 9.17) is 4.74 Å². The van der Waals surface area contributed by atoms with Crippen LogP contribution in [0, 0.1) is 0 Å². The van der Waals surface area contributed by atoms with E-state index in [0.717, 1.165) is 5.69 Å². The van der Waals surface area contributed by atoms with Crippen molar-refractivity contribution in [1.82, 2.24) is 0 Å². The van der Waals surface area contributed by atoms with Crippen LogP contribution in [-0.2, 0) is 4.79 Å². The number of halogens is 1. The number of nitrogens with one attached hydrogen (secondary N) is 1. The third-order valence-corrected chi connectivity index (χ3v) is 2.18. The van der Waals surface area contributed by atoms with Gasteiger partial charge in [-0.3, -0.25) is 4.79 Å². The Labute approximate surface area is 97.9 Å². The number of carbonyl (C=O) groups is 1. The first-order valence-corrected chi connectivity index (χ1v) is 5.97. The first-order chi connectivity index (χ1) is 7.27. The van der Waals surface area contributed by atoms with Gasteiger partial charge in [0.1, 0.15) is 5.75 Å². The van der Waals surface area contributed by atoms with Crippen molar-refractivity contribution in [3.8, 4) is 5.75 Å². The fourth-order valence-corrected chi connectivity index (χ4v) is 1.51. The summed E-state index contributed by atoms with van der Waals surface area (Å²) in [6.07, 6.45) is 0.459. The van der Waals surface area contributed by atoms with Crippen LogP contribution in [0.1, 0.15) is 13.3 Å². The molecule has 0 saturated heterocycles. The standard InChI is InChI=1S/C11H14BrNO2/c1-2-15-10-6-4-3-5-9(10)13-11(14)7-8-12/h3-6H,2,7-8H2,1H3,(H,13,14). The molecule has 0 unspecified atom stereocenters. The molecular formula is C11H14BrNO2. The second kappa shape index (κ2) is 6.45. The molecule has 3 nitrogen and oxygen atoms in total. The van der Waals surface area contributed by atoms with Gasteiger partial charge in [-0.1, -0.05) is 28.1 Å². The Bertz CT molecular complexity index is 328. The molecule has 4 heteroatoms. The molecule has 0 aliphatic rings. The van der Waals surface area contributed by atoms with Crippen LogP contribution < -0.4 is 10.1 Å². The first-order valence-electron chi connectivity index (χ1n) is 4.85. The average molecular weight is 272 g/mol. The molecule has 0 spiro atoms. The lowest BCUT2D eigenvalue weighted by Crippen LogP contribution is -2.12. The van der Waals surface area contributed by atoms with E-state index >= 15 is 0 Å². The number of benzene rings is 1. The highest BCUT2D eigenvalue weighted by molar-refractivity contribution is 9.09. The van der Waals surface area contributed by atoms with Gasteiger partial charge in [0, 0.05) is 11.8 Å². The van der Waals surface area contributed by atoms with E-state index in [1.807, 2.05) is 31.2 Å². The van der Waals surface area contributed by atoms with Crippen LogP contribution in [0.3, 0.4) is 0 Å². The highest BCUT2D eigenvalue weighted by atomic mass is 79.9. The highest BCUT2D eigenvalue weighted by Gasteiger charge is 2.05. The predicted octanol–water partition coefficient (Wildman–Crippen LogP) is 2.81. The molecule has 1 aromatic rings. The van der Waals surface area contributed by atoms with Gasteiger partial charge >= 0.3 is 0 Å². The van der Waals surface area contributed by atoms with Gasteiger partial charge in [0.15, 0.2) is 0 Å². The molecule has 1 rings (SSSR count). The van der Waals surface area contributed by atoms with Crippen molar-refractivity contribution in [2.24, 2.45) is 0 Å². The topological polar surface area (TPSA) is 38.3 Å². The van der Waals surface area contributed by atoms with Gasteiger partial charge in [-0.15, -0.1) is 0 Å². The monoisotopic (exact) mass is 271 g/mol. The molecule has 0 radical (unpaired) electrons. The van der Waals surface area contributed by atoms with Gasteiger partial charge in [0.05, 0.1) is 12.3 Å². The Morgan fingerprint density at radius 3 is 2.87 bits per heavy atom. The van der Waals surface area contributed by atoms with Gasteiger partial charge in [0.2, 0.25) is 5.91 Å². The van der Waals surface area contributed by atoms with Crippen LogP contribution in [0.15, 0.2) is 24.3 Å². The molecule has 15 heavy (non-hydrogen) atoms. The van der Waals surface area contributed by atoms with Gasteiger partial charge < -0.3 is 10.1 Å². The average Bonchev–Trinajstić information content (AvgIpc) is 2.21. The van der Waals surface area contributed by atoms with Gasteiger partial charge in [-0.05, 0) is 19.1 Å². The SMILES string of the molecule is CCOc1ccccc1NC(=O)CCBr. The van der Waals surface area contributed by atoms with E-state index in [9.17, 15) is 4.79 Å². The molecule has 0 atom stereocenters. The van der Waals surface area contributed by atoms with E-state index < -0.39 is 0 Å². The van der Waals surface area contributed by atoms with Gasteiger partial charge in [-0.2, -0.15) is 0 Å². The Kier molecular flexibility index (Phi) is 5.18. The number of anilines is 1. The fraction of sp³-hybridized carbons (Fsp3) is 0.364. The van der Waals surface area contributed by atoms with E-state index in [1.54, 1.807) is 0 Å². The molecule has 0 bridgehead atoms. The summed E-state index contributed by atoms with van der Waals surface area (Å²) in [6.45, 7) is 2.50. The second-order valence-electron chi connectivity index (χ2n) is 2.92. The Hall–Kier alpha value is -1.03. The predicted molar refractivity (Wildman–Crippen MR) is 64.7 cm³/mol. The van der Waals surface area contributed by atoms with Crippen molar-refractivity contribution in [2.45, 2.75) is 13.3 Å². The molecule has 1 N–H and O–H groups in total. The van der Waals surface area contributed by atoms with E-state index in [2.05, 4.69) is 21.2 Å². The normalized spacial score (nSPS) is 9.73. The quantitative estimate of drug-likeness (QED) is 0.837. The molecule has 0 saturated carbocycles. The number of rotatable bonds is 5. The van der Waals surface area contributed by atoms with Crippen molar-refractivity contribution in [1.29, 1.82) is 0 Å². The third-order valence-electron chi connectivity index (χ3n) is 1.78. The summed E-state index contributed by atoms with van der Waals surface area (Å²) in [5.74, 6) is 0.696. The number of hydrogen-bond donors (Lipinski definition) is 1. The summed E-state index contributed by atoms with van der Waals surface area (Å²) < 4.78 is 5.39. The van der Waals surface area contributed by atoms with Gasteiger partial charge in [-0.25, -0.2) is 0 Å². The molecule has 82 valence electrons. The van der Waals surface area contributed by atoms with E-state index in [0.29, 0.717) is 24.1 Å². The zero-order valence-electron chi connectivity index (χ0n) is 8.63. The summed E-state index contributed by atoms with van der Waals surface area (Å²) in [4.78, 5) is 11.4. The van der Waals surface area contributed by atoms with E-state index in [-0.39, 0.29) is 5.91 Å². The molecule has 0 fully saturated rings. The summed E-state index contributed by atoms with van der Waals surface area (Å²) in [6, 6.07) is 7.42. The zero-order chi connectivity index (χ0) is 11.1. The maximum absolute atomic E-state index is 11.4. The lowest BCUT2D eigenvalue weighted by Gasteiger charge is -2.10. The Morgan fingerprint density at radius 1 is 1.47 bits per heavy atom. The highest BCUT2D eigenvalue weighted by Crippen LogP contribution is 2.23. The minimum Gasteiger partial charge on any atom is -0.492 e. The molecule has 0 heterocycles. The summed E-state index contributed by atoms with van der Waals surface area (Å²) in [5, 5.41) is 3.46. The number of ether oxygens (including phenoxy) is 1. The van der Waals surface area contributed by atoms with Crippen molar-refractivity contribution in [3.05, 3.63) is 24.3 Å². The third kappa shape index (κ3) is 3.91. The van der Waals surface area contributed by atoms with Crippen LogP contribution in [0.4, 0.5) is 5.69 Å². The minimum atomic E-state index is -0.0148. The lowest BCUT2D eigenvalue weighted by atomic mass is 10.3. The second-order valence-corrected chi connectivity index (χ2v) is 3.71. The summed E-state index contributed by atoms with van der Waals surface area (Å²) in [7, 11) is 0. The van der Waals surface area contributed by atoms with Crippen LogP contribution in [-0.4, -0.2) is 17.8 Å². The minimum absolute atomic E-state index is 0.0148. The Balaban J connectivity index is 2.70. The molecule has 0 aromatic heterocycles. The Morgan fingerprint density at radius 2 is 2.20 bits per heavy atom. The van der Waals surface area contributed by atoms with Crippen molar-refractivity contribution in [3.63, 3.8) is 0 Å². The zero-order valence-corrected chi connectivity index (χ0v) is 10.2. The van der Waals surface area contributed by atoms with Crippen LogP contribution in [0.5, 0.6) is 5.75 Å². The molecule has 0 aliphatic carbocycles. The molecule has 1 aromatic carbocycles. The fourth-order valence-electron chi connectivity index (χ4n) is 1.15. The van der Waals surface area contributed by atoms with Gasteiger partial charge in [0.25, 0.3) is 0 Å². The number of para-hydroxylation sites is 2. The molecular weight excluding hydrogens is 258 g/mol. The smallest absolute Gasteiger partial charge is 0.225 e. The maximum Gasteiger partial charge on any atom is 0.225 e. The van der Waals surface area contributed by atoms with E-state index in [1.165, 1.54) is 0 Å². The van der Waals surface area contributed by atoms with Crippen molar-refractivity contribution in [2.75, 3.05) is 17.3 Å². The number of alkyl halides is 1. The first kappa shape index (κ1) is 12.0. The van der Waals surface area contributed by atoms with Crippen LogP contribution >= 0.6 is 15.9 Å². The number of hydrogen-bond acceptors (Lipinski definition) is 2. The van der Waals surface area contributed by atoms with Crippen LogP contribution in [0.25, 0.3) is 0 Å². The lowest BCUT2D eigenvalue weighted by molar-refractivity contribution is -0.115. The maximum atomic E-state index is 11.4.